The van der Waals surface area contributed by atoms with Crippen molar-refractivity contribution < 1.29 is 9.47 Å². The molecule has 4 aliphatic rings. The number of hydrogen-bond acceptors (Lipinski definition) is 2. The highest BCUT2D eigenvalue weighted by molar-refractivity contribution is 5.04. The van der Waals surface area contributed by atoms with Crippen LogP contribution in [0.4, 0.5) is 0 Å². The van der Waals surface area contributed by atoms with E-state index in [1.165, 1.54) is 51.4 Å². The van der Waals surface area contributed by atoms with E-state index in [0.717, 1.165) is 36.0 Å². The minimum absolute atomic E-state index is 0.315. The van der Waals surface area contributed by atoms with E-state index in [4.69, 9.17) is 9.47 Å². The topological polar surface area (TPSA) is 18.5 Å². The molecule has 0 aliphatic heterocycles. The summed E-state index contributed by atoms with van der Waals surface area (Å²) in [6.07, 6.45) is 12.8. The largest absolute Gasteiger partial charge is 0.353 e. The number of fused-ring (bicyclic) bond motifs is 5. The van der Waals surface area contributed by atoms with Crippen LogP contribution in [0, 0.1) is 40.9 Å². The zero-order chi connectivity index (χ0) is 16.2. The van der Waals surface area contributed by atoms with E-state index in [0.29, 0.717) is 11.3 Å². The van der Waals surface area contributed by atoms with Gasteiger partial charge >= 0.3 is 0 Å². The van der Waals surface area contributed by atoms with Crippen molar-refractivity contribution in [2.75, 3.05) is 14.2 Å². The maximum absolute atomic E-state index is 5.89. The van der Waals surface area contributed by atoms with Crippen molar-refractivity contribution >= 4 is 0 Å². The fourth-order valence-electron chi connectivity index (χ4n) is 7.65. The lowest BCUT2D eigenvalue weighted by atomic mass is 9.49. The Morgan fingerprint density at radius 3 is 2.39 bits per heavy atom. The van der Waals surface area contributed by atoms with Crippen molar-refractivity contribution in [3.05, 3.63) is 0 Å². The van der Waals surface area contributed by atoms with E-state index in [9.17, 15) is 0 Å². The smallest absolute Gasteiger partial charge is 0.170 e. The monoisotopic (exact) mass is 320 g/mol. The fraction of sp³-hybridized carbons (Fsp3) is 1.00. The van der Waals surface area contributed by atoms with Gasteiger partial charge in [-0.1, -0.05) is 20.3 Å². The zero-order valence-electron chi connectivity index (χ0n) is 15.6. The molecule has 7 atom stereocenters. The van der Waals surface area contributed by atoms with E-state index in [1.807, 2.05) is 14.2 Å². The van der Waals surface area contributed by atoms with Crippen LogP contribution in [0.5, 0.6) is 0 Å². The van der Waals surface area contributed by atoms with Gasteiger partial charge in [0.2, 0.25) is 0 Å². The van der Waals surface area contributed by atoms with Gasteiger partial charge in [-0.2, -0.15) is 0 Å². The van der Waals surface area contributed by atoms with Crippen molar-refractivity contribution in [3.63, 3.8) is 0 Å². The van der Waals surface area contributed by atoms with E-state index >= 15 is 0 Å². The Labute approximate surface area is 142 Å². The molecular formula is C21H36O2. The Hall–Kier alpha value is -0.0800. The average Bonchev–Trinajstić information content (AvgIpc) is 2.96. The van der Waals surface area contributed by atoms with Gasteiger partial charge < -0.3 is 9.47 Å². The first-order valence-corrected chi connectivity index (χ1v) is 10.1. The third-order valence-electron chi connectivity index (χ3n) is 8.91. The molecule has 0 heterocycles. The van der Waals surface area contributed by atoms with Gasteiger partial charge in [-0.05, 0) is 80.0 Å². The summed E-state index contributed by atoms with van der Waals surface area (Å²) in [6, 6.07) is 0. The predicted molar refractivity (Wildman–Crippen MR) is 93.0 cm³/mol. The summed E-state index contributed by atoms with van der Waals surface area (Å²) < 4.78 is 11.8. The average molecular weight is 321 g/mol. The van der Waals surface area contributed by atoms with Crippen LogP contribution in [-0.2, 0) is 9.47 Å². The van der Waals surface area contributed by atoms with Crippen LogP contribution in [0.2, 0.25) is 0 Å². The third-order valence-corrected chi connectivity index (χ3v) is 8.91. The predicted octanol–water partition coefficient (Wildman–Crippen LogP) is 5.26. The molecule has 132 valence electrons. The van der Waals surface area contributed by atoms with E-state index in [1.54, 1.807) is 0 Å². The van der Waals surface area contributed by atoms with Crippen molar-refractivity contribution in [2.45, 2.75) is 77.4 Å². The molecule has 4 aliphatic carbocycles. The second kappa shape index (κ2) is 5.73. The number of hydrogen-bond donors (Lipinski definition) is 0. The highest BCUT2D eigenvalue weighted by Crippen LogP contribution is 2.63. The van der Waals surface area contributed by atoms with Gasteiger partial charge in [-0.15, -0.1) is 0 Å². The molecule has 2 nitrogen and oxygen atoms in total. The number of ether oxygens (including phenoxy) is 2. The molecular weight excluding hydrogens is 284 g/mol. The van der Waals surface area contributed by atoms with Gasteiger partial charge in [0.25, 0.3) is 0 Å². The highest BCUT2D eigenvalue weighted by Gasteiger charge is 2.56. The summed E-state index contributed by atoms with van der Waals surface area (Å²) in [5, 5.41) is 0. The van der Waals surface area contributed by atoms with Crippen LogP contribution >= 0.6 is 0 Å². The first-order valence-electron chi connectivity index (χ1n) is 10.1. The Morgan fingerprint density at radius 2 is 1.65 bits per heavy atom. The quantitative estimate of drug-likeness (QED) is 0.646. The molecule has 23 heavy (non-hydrogen) atoms. The summed E-state index contributed by atoms with van der Waals surface area (Å²) >= 11 is 0. The van der Waals surface area contributed by atoms with E-state index in [2.05, 4.69) is 13.8 Å². The lowest BCUT2D eigenvalue weighted by Gasteiger charge is -2.58. The molecule has 0 bridgehead atoms. The highest BCUT2D eigenvalue weighted by atomic mass is 16.7. The van der Waals surface area contributed by atoms with Gasteiger partial charge in [0.1, 0.15) is 0 Å². The molecule has 0 aromatic carbocycles. The van der Waals surface area contributed by atoms with Crippen LogP contribution in [0.25, 0.3) is 0 Å². The molecule has 0 amide bonds. The van der Waals surface area contributed by atoms with Crippen molar-refractivity contribution in [1.29, 1.82) is 0 Å². The molecule has 0 aromatic heterocycles. The molecule has 4 fully saturated rings. The molecule has 4 rings (SSSR count). The summed E-state index contributed by atoms with van der Waals surface area (Å²) in [4.78, 5) is 0. The first-order chi connectivity index (χ1) is 11.0. The minimum Gasteiger partial charge on any atom is -0.353 e. The lowest BCUT2D eigenvalue weighted by molar-refractivity contribution is -0.274. The molecule has 0 spiro atoms. The molecule has 2 heteroatoms. The minimum atomic E-state index is -0.315. The summed E-state index contributed by atoms with van der Waals surface area (Å²) in [7, 11) is 3.69. The van der Waals surface area contributed by atoms with Crippen molar-refractivity contribution in [2.24, 2.45) is 40.9 Å². The Balaban J connectivity index is 1.55. The van der Waals surface area contributed by atoms with Crippen LogP contribution < -0.4 is 0 Å². The third kappa shape index (κ3) is 2.34. The van der Waals surface area contributed by atoms with Gasteiger partial charge in [-0.25, -0.2) is 0 Å². The van der Waals surface area contributed by atoms with Gasteiger partial charge in [-0.3, -0.25) is 0 Å². The second-order valence-electron chi connectivity index (χ2n) is 9.58. The van der Waals surface area contributed by atoms with Crippen LogP contribution in [0.3, 0.4) is 0 Å². The Bertz CT molecular complexity index is 443. The van der Waals surface area contributed by atoms with Crippen LogP contribution in [-0.4, -0.2) is 20.0 Å². The van der Waals surface area contributed by atoms with Gasteiger partial charge in [0.15, 0.2) is 5.79 Å². The van der Waals surface area contributed by atoms with E-state index < -0.39 is 0 Å². The maximum Gasteiger partial charge on any atom is 0.170 e. The van der Waals surface area contributed by atoms with Gasteiger partial charge in [0.05, 0.1) is 0 Å². The molecule has 0 unspecified atom stereocenters. The van der Waals surface area contributed by atoms with Crippen molar-refractivity contribution in [3.8, 4) is 0 Å². The van der Waals surface area contributed by atoms with Crippen LogP contribution in [0.15, 0.2) is 0 Å². The van der Waals surface area contributed by atoms with Gasteiger partial charge in [0, 0.05) is 26.6 Å². The van der Waals surface area contributed by atoms with Crippen LogP contribution in [0.1, 0.15) is 71.6 Å². The first kappa shape index (κ1) is 16.4. The molecule has 0 saturated heterocycles. The number of rotatable bonds is 2. The molecule has 0 radical (unpaired) electrons. The second-order valence-corrected chi connectivity index (χ2v) is 9.58. The normalized spacial score (nSPS) is 51.7. The van der Waals surface area contributed by atoms with E-state index in [-0.39, 0.29) is 5.79 Å². The summed E-state index contributed by atoms with van der Waals surface area (Å²) in [5.41, 5.74) is 0.692. The Kier molecular flexibility index (Phi) is 4.08. The molecule has 0 aromatic rings. The maximum atomic E-state index is 5.89. The standard InChI is InChI=1S/C21H36O2/c1-14-12-18-15(13-21(14,22-3)23-4)7-8-17-16(18)9-11-20(2)10-5-6-19(17)20/h14-19H,5-13H2,1-4H3/t14-,15-,16-,17+,18-,19-,20-/m0/s1. The fourth-order valence-corrected chi connectivity index (χ4v) is 7.65. The summed E-state index contributed by atoms with van der Waals surface area (Å²) in [6.45, 7) is 4.96. The Morgan fingerprint density at radius 1 is 0.870 bits per heavy atom. The summed E-state index contributed by atoms with van der Waals surface area (Å²) in [5.74, 6) is 5.04. The lowest BCUT2D eigenvalue weighted by Crippen LogP contribution is -2.54. The molecule has 4 saturated carbocycles. The SMILES string of the molecule is COC1(OC)C[C@@H]2CC[C@@H]3[C@H](CC[C@]4(C)CCC[C@@H]34)[C@H]2C[C@@H]1C. The molecule has 0 N–H and O–H groups in total. The zero-order valence-corrected chi connectivity index (χ0v) is 15.6. The number of methoxy groups -OCH3 is 2. The van der Waals surface area contributed by atoms with Crippen molar-refractivity contribution in [1.82, 2.24) is 0 Å².